The molecule has 0 aliphatic carbocycles. The summed E-state index contributed by atoms with van der Waals surface area (Å²) in [5, 5.41) is 10.9. The molecule has 0 aromatic heterocycles. The molecule has 3 N–H and O–H groups in total. The highest BCUT2D eigenvalue weighted by Crippen LogP contribution is 2.08. The molecule has 0 atom stereocenters. The predicted molar refractivity (Wildman–Crippen MR) is 56.8 cm³/mol. The maximum absolute atomic E-state index is 9.55. The second-order valence-electron chi connectivity index (χ2n) is 3.72. The summed E-state index contributed by atoms with van der Waals surface area (Å²) in [5.74, 6) is 0. The van der Waals surface area contributed by atoms with Crippen LogP contribution in [0.1, 0.15) is 25.0 Å². The zero-order chi connectivity index (χ0) is 10.6. The van der Waals surface area contributed by atoms with Gasteiger partial charge in [0.1, 0.15) is 0 Å². The Morgan fingerprint density at radius 1 is 1.36 bits per heavy atom. The second kappa shape index (κ2) is 5.10. The zero-order valence-electron chi connectivity index (χ0n) is 8.77. The summed E-state index contributed by atoms with van der Waals surface area (Å²) < 4.78 is 0. The van der Waals surface area contributed by atoms with E-state index in [1.54, 1.807) is 0 Å². The molecule has 1 aromatic carbocycles. The van der Waals surface area contributed by atoms with Crippen molar-refractivity contribution < 1.29 is 5.21 Å². The Labute approximate surface area is 85.1 Å². The number of nitrogens with two attached hydrogens (primary N) is 1. The second-order valence-corrected chi connectivity index (χ2v) is 3.72. The van der Waals surface area contributed by atoms with E-state index in [1.807, 2.05) is 38.1 Å². The lowest BCUT2D eigenvalue weighted by atomic mass is 10.1. The van der Waals surface area contributed by atoms with Gasteiger partial charge in [0.25, 0.3) is 0 Å². The normalized spacial score (nSPS) is 11.3. The Balaban J connectivity index is 2.66. The van der Waals surface area contributed by atoms with Crippen LogP contribution in [0.2, 0.25) is 0 Å². The van der Waals surface area contributed by atoms with Crippen molar-refractivity contribution in [3.05, 3.63) is 35.4 Å². The summed E-state index contributed by atoms with van der Waals surface area (Å²) in [6.45, 7) is 4.99. The van der Waals surface area contributed by atoms with E-state index in [0.29, 0.717) is 13.1 Å². The number of rotatable bonds is 4. The average molecular weight is 194 g/mol. The van der Waals surface area contributed by atoms with Gasteiger partial charge < -0.3 is 10.9 Å². The Morgan fingerprint density at radius 2 is 2.00 bits per heavy atom. The molecule has 3 nitrogen and oxygen atoms in total. The molecule has 0 unspecified atom stereocenters. The quantitative estimate of drug-likeness (QED) is 0.718. The van der Waals surface area contributed by atoms with Crippen LogP contribution in [0.25, 0.3) is 0 Å². The van der Waals surface area contributed by atoms with Crippen LogP contribution in [0.5, 0.6) is 0 Å². The molecule has 78 valence electrons. The molecule has 0 heterocycles. The maximum Gasteiger partial charge on any atom is 0.0491 e. The van der Waals surface area contributed by atoms with Gasteiger partial charge in [0.15, 0.2) is 0 Å². The van der Waals surface area contributed by atoms with E-state index in [0.717, 1.165) is 11.1 Å². The van der Waals surface area contributed by atoms with E-state index in [2.05, 4.69) is 0 Å². The molecule has 0 aliphatic rings. The topological polar surface area (TPSA) is 49.5 Å². The van der Waals surface area contributed by atoms with E-state index in [4.69, 9.17) is 5.73 Å². The summed E-state index contributed by atoms with van der Waals surface area (Å²) in [6.07, 6.45) is 0. The van der Waals surface area contributed by atoms with Crippen LogP contribution >= 0.6 is 0 Å². The molecule has 0 fully saturated rings. The highest BCUT2D eigenvalue weighted by molar-refractivity contribution is 5.23. The molecule has 0 bridgehead atoms. The first-order valence-corrected chi connectivity index (χ1v) is 4.87. The molecule has 3 heteroatoms. The van der Waals surface area contributed by atoms with Crippen LogP contribution < -0.4 is 5.73 Å². The summed E-state index contributed by atoms with van der Waals surface area (Å²) in [5.41, 5.74) is 7.72. The van der Waals surface area contributed by atoms with Gasteiger partial charge in [0, 0.05) is 19.1 Å². The van der Waals surface area contributed by atoms with Gasteiger partial charge in [0.2, 0.25) is 0 Å². The van der Waals surface area contributed by atoms with Crippen LogP contribution in [0.15, 0.2) is 24.3 Å². The third-order valence-electron chi connectivity index (χ3n) is 2.17. The first-order chi connectivity index (χ1) is 6.63. The number of hydrogen-bond donors (Lipinski definition) is 2. The van der Waals surface area contributed by atoms with E-state index in [1.165, 1.54) is 5.06 Å². The molecule has 14 heavy (non-hydrogen) atoms. The lowest BCUT2D eigenvalue weighted by molar-refractivity contribution is -0.125. The molecule has 1 rings (SSSR count). The molecular formula is C11H18N2O. The first kappa shape index (κ1) is 11.2. The zero-order valence-corrected chi connectivity index (χ0v) is 8.77. The summed E-state index contributed by atoms with van der Waals surface area (Å²) in [6, 6.07) is 8.10. The van der Waals surface area contributed by atoms with Crippen molar-refractivity contribution in [1.82, 2.24) is 5.06 Å². The van der Waals surface area contributed by atoms with Gasteiger partial charge in [-0.15, -0.1) is 0 Å². The van der Waals surface area contributed by atoms with E-state index >= 15 is 0 Å². The third-order valence-corrected chi connectivity index (χ3v) is 2.17. The predicted octanol–water partition coefficient (Wildman–Crippen LogP) is 1.74. The standard InChI is InChI=1S/C11H18N2O/c1-9(2)13(14)8-11-5-3-4-10(6-11)7-12/h3-6,9,14H,7-8,12H2,1-2H3. The van der Waals surface area contributed by atoms with Crippen LogP contribution in [0.3, 0.4) is 0 Å². The minimum Gasteiger partial charge on any atom is -0.326 e. The Kier molecular flexibility index (Phi) is 4.07. The minimum atomic E-state index is 0.136. The minimum absolute atomic E-state index is 0.136. The number of hydroxylamine groups is 2. The van der Waals surface area contributed by atoms with Gasteiger partial charge in [-0.25, -0.2) is 0 Å². The Hall–Kier alpha value is -0.900. The number of benzene rings is 1. The fourth-order valence-corrected chi connectivity index (χ4v) is 1.22. The van der Waals surface area contributed by atoms with Crippen LogP contribution in [0.4, 0.5) is 0 Å². The van der Waals surface area contributed by atoms with Crippen LogP contribution in [0, 0.1) is 0 Å². The molecule has 0 amide bonds. The van der Waals surface area contributed by atoms with Crippen molar-refractivity contribution in [3.8, 4) is 0 Å². The van der Waals surface area contributed by atoms with E-state index in [9.17, 15) is 5.21 Å². The van der Waals surface area contributed by atoms with Gasteiger partial charge in [-0.05, 0) is 25.0 Å². The maximum atomic E-state index is 9.55. The smallest absolute Gasteiger partial charge is 0.0491 e. The van der Waals surface area contributed by atoms with Crippen molar-refractivity contribution in [2.24, 2.45) is 5.73 Å². The molecule has 1 aromatic rings. The first-order valence-electron chi connectivity index (χ1n) is 4.87. The Bertz CT molecular complexity index is 286. The van der Waals surface area contributed by atoms with E-state index < -0.39 is 0 Å². The van der Waals surface area contributed by atoms with Crippen molar-refractivity contribution >= 4 is 0 Å². The van der Waals surface area contributed by atoms with Gasteiger partial charge in [-0.3, -0.25) is 0 Å². The lowest BCUT2D eigenvalue weighted by Crippen LogP contribution is -2.26. The number of hydrogen-bond acceptors (Lipinski definition) is 3. The average Bonchev–Trinajstić information content (AvgIpc) is 2.18. The Morgan fingerprint density at radius 3 is 2.57 bits per heavy atom. The third kappa shape index (κ3) is 3.10. The SMILES string of the molecule is CC(C)N(O)Cc1cccc(CN)c1. The molecule has 0 saturated heterocycles. The molecule has 0 radical (unpaired) electrons. The van der Waals surface area contributed by atoms with Crippen LogP contribution in [-0.4, -0.2) is 16.3 Å². The van der Waals surface area contributed by atoms with Gasteiger partial charge >= 0.3 is 0 Å². The summed E-state index contributed by atoms with van der Waals surface area (Å²) in [7, 11) is 0. The fourth-order valence-electron chi connectivity index (χ4n) is 1.22. The lowest BCUT2D eigenvalue weighted by Gasteiger charge is -2.18. The van der Waals surface area contributed by atoms with E-state index in [-0.39, 0.29) is 6.04 Å². The van der Waals surface area contributed by atoms with Crippen molar-refractivity contribution in [1.29, 1.82) is 0 Å². The summed E-state index contributed by atoms with van der Waals surface area (Å²) in [4.78, 5) is 0. The largest absolute Gasteiger partial charge is 0.326 e. The van der Waals surface area contributed by atoms with Crippen molar-refractivity contribution in [2.45, 2.75) is 33.0 Å². The molecule has 0 spiro atoms. The number of nitrogens with zero attached hydrogens (tertiary/aromatic N) is 1. The summed E-state index contributed by atoms with van der Waals surface area (Å²) >= 11 is 0. The van der Waals surface area contributed by atoms with Gasteiger partial charge in [-0.1, -0.05) is 24.3 Å². The van der Waals surface area contributed by atoms with Gasteiger partial charge in [-0.2, -0.15) is 5.06 Å². The fraction of sp³-hybridized carbons (Fsp3) is 0.455. The highest BCUT2D eigenvalue weighted by atomic mass is 16.5. The molecular weight excluding hydrogens is 176 g/mol. The molecule has 0 saturated carbocycles. The van der Waals surface area contributed by atoms with Crippen LogP contribution in [-0.2, 0) is 13.1 Å². The molecule has 0 aliphatic heterocycles. The van der Waals surface area contributed by atoms with Crippen molar-refractivity contribution in [3.63, 3.8) is 0 Å². The van der Waals surface area contributed by atoms with Crippen molar-refractivity contribution in [2.75, 3.05) is 0 Å². The highest BCUT2D eigenvalue weighted by Gasteiger charge is 2.05. The van der Waals surface area contributed by atoms with Gasteiger partial charge in [0.05, 0.1) is 0 Å². The monoisotopic (exact) mass is 194 g/mol.